The number of fused-ring (bicyclic) bond motifs is 1. The lowest BCUT2D eigenvalue weighted by molar-refractivity contribution is -0.120. The van der Waals surface area contributed by atoms with Gasteiger partial charge in [-0.1, -0.05) is 32.9 Å². The molecule has 5 heteroatoms. The van der Waals surface area contributed by atoms with E-state index in [-0.39, 0.29) is 29.7 Å². The highest BCUT2D eigenvalue weighted by molar-refractivity contribution is 6.01. The Balaban J connectivity index is 2.14. The van der Waals surface area contributed by atoms with E-state index in [0.717, 1.165) is 35.5 Å². The molecule has 0 aromatic heterocycles. The smallest absolute Gasteiger partial charge is 0.239 e. The molecule has 0 radical (unpaired) electrons. The van der Waals surface area contributed by atoms with Gasteiger partial charge in [-0.3, -0.25) is 9.59 Å². The Morgan fingerprint density at radius 1 is 1.32 bits per heavy atom. The molecular formula is C20H27N3O2. The second-order valence-corrected chi connectivity index (χ2v) is 7.70. The molecule has 1 aliphatic carbocycles. The minimum Gasteiger partial charge on any atom is -0.358 e. The van der Waals surface area contributed by atoms with Gasteiger partial charge in [0, 0.05) is 24.7 Å². The van der Waals surface area contributed by atoms with Crippen LogP contribution < -0.4 is 15.5 Å². The van der Waals surface area contributed by atoms with Crippen LogP contribution in [0.25, 0.3) is 0 Å². The van der Waals surface area contributed by atoms with Gasteiger partial charge < -0.3 is 15.5 Å². The number of benzene rings is 1. The second kappa shape index (κ2) is 6.54. The number of nitrogens with one attached hydrogen (secondary N) is 2. The molecule has 25 heavy (non-hydrogen) atoms. The number of carbonyl (C=O) groups is 2. The number of likely N-dealkylation sites (N-methyl/N-ethyl adjacent to an activating group) is 1. The average molecular weight is 341 g/mol. The Morgan fingerprint density at radius 2 is 2.04 bits per heavy atom. The molecule has 2 N–H and O–H groups in total. The molecule has 2 aliphatic rings. The molecular weight excluding hydrogens is 314 g/mol. The van der Waals surface area contributed by atoms with Crippen LogP contribution in [0.2, 0.25) is 0 Å². The van der Waals surface area contributed by atoms with Gasteiger partial charge >= 0.3 is 0 Å². The summed E-state index contributed by atoms with van der Waals surface area (Å²) >= 11 is 0. The van der Waals surface area contributed by atoms with Crippen molar-refractivity contribution in [3.63, 3.8) is 0 Å². The first-order valence-corrected chi connectivity index (χ1v) is 8.96. The number of allylic oxidation sites excluding steroid dienone is 1. The summed E-state index contributed by atoms with van der Waals surface area (Å²) in [6.07, 6.45) is 2.17. The van der Waals surface area contributed by atoms with E-state index in [9.17, 15) is 9.59 Å². The third-order valence-corrected chi connectivity index (χ3v) is 5.11. The Bertz CT molecular complexity index is 736. The van der Waals surface area contributed by atoms with Crippen LogP contribution in [0.15, 0.2) is 35.5 Å². The first kappa shape index (κ1) is 17.5. The van der Waals surface area contributed by atoms with E-state index in [0.29, 0.717) is 6.42 Å². The summed E-state index contributed by atoms with van der Waals surface area (Å²) in [5.41, 5.74) is 3.74. The number of hydrogen-bond donors (Lipinski definition) is 2. The van der Waals surface area contributed by atoms with Crippen molar-refractivity contribution in [2.75, 3.05) is 23.8 Å². The quantitative estimate of drug-likeness (QED) is 0.887. The van der Waals surface area contributed by atoms with Gasteiger partial charge in [0.05, 0.1) is 24.0 Å². The van der Waals surface area contributed by atoms with Crippen molar-refractivity contribution in [1.29, 1.82) is 0 Å². The zero-order chi connectivity index (χ0) is 18.2. The fourth-order valence-electron chi connectivity index (χ4n) is 4.00. The molecule has 0 saturated heterocycles. The Kier molecular flexibility index (Phi) is 4.58. The first-order chi connectivity index (χ1) is 11.9. The molecule has 0 unspecified atom stereocenters. The van der Waals surface area contributed by atoms with Crippen LogP contribution in [-0.2, 0) is 9.59 Å². The van der Waals surface area contributed by atoms with E-state index in [4.69, 9.17) is 0 Å². The topological polar surface area (TPSA) is 61.4 Å². The lowest BCUT2D eigenvalue weighted by Crippen LogP contribution is -2.45. The van der Waals surface area contributed by atoms with Crippen molar-refractivity contribution in [2.24, 2.45) is 5.41 Å². The van der Waals surface area contributed by atoms with E-state index in [1.807, 2.05) is 24.3 Å². The third kappa shape index (κ3) is 3.28. The second-order valence-electron chi connectivity index (χ2n) is 7.70. The molecule has 1 atom stereocenters. The molecule has 1 amide bonds. The maximum absolute atomic E-state index is 13.0. The molecule has 1 heterocycles. The number of para-hydroxylation sites is 2. The SMILES string of the molecule is CC[C@H]1C2=C(CC(C)(C)CC2=O)Nc2ccccc2N1CC(=O)NC. The van der Waals surface area contributed by atoms with E-state index < -0.39 is 0 Å². The number of carbonyl (C=O) groups excluding carboxylic acids is 2. The number of Topliss-reactive ketones (excluding diaryl/α,β-unsaturated/α-hetero) is 1. The van der Waals surface area contributed by atoms with Crippen LogP contribution in [-0.4, -0.2) is 31.3 Å². The summed E-state index contributed by atoms with van der Waals surface area (Å²) in [4.78, 5) is 27.2. The monoisotopic (exact) mass is 341 g/mol. The highest BCUT2D eigenvalue weighted by Gasteiger charge is 2.40. The normalized spacial score (nSPS) is 21.8. The molecule has 1 aliphatic heterocycles. The molecule has 1 aromatic rings. The van der Waals surface area contributed by atoms with Crippen molar-refractivity contribution < 1.29 is 9.59 Å². The molecule has 3 rings (SSSR count). The molecule has 0 saturated carbocycles. The number of ketones is 1. The lowest BCUT2D eigenvalue weighted by atomic mass is 9.74. The summed E-state index contributed by atoms with van der Waals surface area (Å²) in [7, 11) is 1.64. The number of nitrogens with zero attached hydrogens (tertiary/aromatic N) is 1. The van der Waals surface area contributed by atoms with Crippen LogP contribution in [0.1, 0.15) is 40.0 Å². The summed E-state index contributed by atoms with van der Waals surface area (Å²) < 4.78 is 0. The number of hydrogen-bond acceptors (Lipinski definition) is 4. The summed E-state index contributed by atoms with van der Waals surface area (Å²) in [5.74, 6) is 0.140. The van der Waals surface area contributed by atoms with Crippen molar-refractivity contribution >= 4 is 23.1 Å². The molecule has 5 nitrogen and oxygen atoms in total. The maximum atomic E-state index is 13.0. The molecule has 0 bridgehead atoms. The Hall–Kier alpha value is -2.30. The van der Waals surface area contributed by atoms with Gasteiger partial charge in [0.25, 0.3) is 0 Å². The molecule has 0 spiro atoms. The third-order valence-electron chi connectivity index (χ3n) is 5.11. The summed E-state index contributed by atoms with van der Waals surface area (Å²) in [6, 6.07) is 7.89. The van der Waals surface area contributed by atoms with Crippen LogP contribution in [0, 0.1) is 5.41 Å². The minimum atomic E-state index is -0.0907. The van der Waals surface area contributed by atoms with Crippen molar-refractivity contribution in [2.45, 2.75) is 46.1 Å². The van der Waals surface area contributed by atoms with Crippen LogP contribution in [0.5, 0.6) is 0 Å². The van der Waals surface area contributed by atoms with Gasteiger partial charge in [-0.2, -0.15) is 0 Å². The standard InChI is InChI=1S/C20H27N3O2/c1-5-15-19-14(10-20(2,3)11-17(19)24)22-13-8-6-7-9-16(13)23(15)12-18(25)21-4/h6-9,15,22H,5,10-12H2,1-4H3,(H,21,25)/t15-/m0/s1. The summed E-state index contributed by atoms with van der Waals surface area (Å²) in [6.45, 7) is 6.58. The Labute approximate surface area is 149 Å². The van der Waals surface area contributed by atoms with Gasteiger partial charge in [0.1, 0.15) is 0 Å². The number of rotatable bonds is 3. The molecule has 134 valence electrons. The van der Waals surface area contributed by atoms with E-state index in [2.05, 4.69) is 36.3 Å². The van der Waals surface area contributed by atoms with Crippen LogP contribution >= 0.6 is 0 Å². The first-order valence-electron chi connectivity index (χ1n) is 8.96. The van der Waals surface area contributed by atoms with Crippen LogP contribution in [0.4, 0.5) is 11.4 Å². The van der Waals surface area contributed by atoms with Gasteiger partial charge in [0.15, 0.2) is 5.78 Å². The van der Waals surface area contributed by atoms with E-state index >= 15 is 0 Å². The molecule has 0 fully saturated rings. The number of amides is 1. The van der Waals surface area contributed by atoms with Gasteiger partial charge in [-0.25, -0.2) is 0 Å². The predicted molar refractivity (Wildman–Crippen MR) is 101 cm³/mol. The Morgan fingerprint density at radius 3 is 2.72 bits per heavy atom. The fraction of sp³-hybridized carbons (Fsp3) is 0.500. The zero-order valence-electron chi connectivity index (χ0n) is 15.5. The van der Waals surface area contributed by atoms with Gasteiger partial charge in [-0.05, 0) is 30.4 Å². The summed E-state index contributed by atoms with van der Waals surface area (Å²) in [5, 5.41) is 6.22. The maximum Gasteiger partial charge on any atom is 0.239 e. The largest absolute Gasteiger partial charge is 0.358 e. The van der Waals surface area contributed by atoms with Crippen molar-refractivity contribution in [3.05, 3.63) is 35.5 Å². The minimum absolute atomic E-state index is 0.0495. The highest BCUT2D eigenvalue weighted by atomic mass is 16.2. The predicted octanol–water partition coefficient (Wildman–Crippen LogP) is 3.09. The fourth-order valence-corrected chi connectivity index (χ4v) is 4.00. The van der Waals surface area contributed by atoms with Crippen LogP contribution in [0.3, 0.4) is 0 Å². The highest BCUT2D eigenvalue weighted by Crippen LogP contribution is 2.44. The average Bonchev–Trinajstić information content (AvgIpc) is 2.68. The lowest BCUT2D eigenvalue weighted by Gasteiger charge is -2.37. The van der Waals surface area contributed by atoms with Gasteiger partial charge in [-0.15, -0.1) is 0 Å². The number of anilines is 2. The zero-order valence-corrected chi connectivity index (χ0v) is 15.5. The van der Waals surface area contributed by atoms with Crippen molar-refractivity contribution in [1.82, 2.24) is 5.32 Å². The van der Waals surface area contributed by atoms with E-state index in [1.54, 1.807) is 7.05 Å². The van der Waals surface area contributed by atoms with Gasteiger partial charge in [0.2, 0.25) is 5.91 Å². The van der Waals surface area contributed by atoms with E-state index in [1.165, 1.54) is 0 Å². The van der Waals surface area contributed by atoms with Crippen molar-refractivity contribution in [3.8, 4) is 0 Å². The molecule has 1 aromatic carbocycles.